The van der Waals surface area contributed by atoms with Crippen molar-refractivity contribution in [2.45, 2.75) is 25.9 Å². The summed E-state index contributed by atoms with van der Waals surface area (Å²) in [7, 11) is 1.62. The van der Waals surface area contributed by atoms with Crippen LogP contribution in [0.3, 0.4) is 0 Å². The summed E-state index contributed by atoms with van der Waals surface area (Å²) in [6, 6.07) is 31.0. The van der Waals surface area contributed by atoms with Gasteiger partial charge in [-0.05, 0) is 102 Å². The van der Waals surface area contributed by atoms with Crippen molar-refractivity contribution in [1.29, 1.82) is 0 Å². The summed E-state index contributed by atoms with van der Waals surface area (Å²) < 4.78 is 32.1. The summed E-state index contributed by atoms with van der Waals surface area (Å²) in [4.78, 5) is 16.7. The van der Waals surface area contributed by atoms with Crippen molar-refractivity contribution < 1.29 is 23.4 Å². The van der Waals surface area contributed by atoms with Gasteiger partial charge in [-0.2, -0.15) is 0 Å². The zero-order valence-corrected chi connectivity index (χ0v) is 24.9. The molecule has 1 heterocycles. The number of fused-ring (bicyclic) bond motifs is 1. The van der Waals surface area contributed by atoms with Crippen molar-refractivity contribution in [2.75, 3.05) is 33.4 Å². The third-order valence-electron chi connectivity index (χ3n) is 8.17. The van der Waals surface area contributed by atoms with E-state index in [0.717, 1.165) is 41.7 Å². The molecular weight excluding hydrogens is 553 g/mol. The molecule has 0 aromatic heterocycles. The molecule has 224 valence electrons. The van der Waals surface area contributed by atoms with Crippen molar-refractivity contribution in [3.05, 3.63) is 126 Å². The van der Waals surface area contributed by atoms with E-state index < -0.39 is 5.82 Å². The minimum Gasteiger partial charge on any atom is -0.497 e. The lowest BCUT2D eigenvalue weighted by atomic mass is 9.89. The van der Waals surface area contributed by atoms with Gasteiger partial charge in [0.15, 0.2) is 5.78 Å². The summed E-state index contributed by atoms with van der Waals surface area (Å²) in [5.74, 6) is 1.24. The molecule has 1 saturated heterocycles. The number of methoxy groups -OCH3 is 1. The maximum absolute atomic E-state index is 14.5. The quantitative estimate of drug-likeness (QED) is 0.145. The molecule has 5 aromatic rings. The normalized spacial score (nSPS) is 13.5. The van der Waals surface area contributed by atoms with E-state index in [1.54, 1.807) is 13.2 Å². The Labute approximate surface area is 257 Å². The van der Waals surface area contributed by atoms with Crippen LogP contribution in [-0.2, 0) is 6.61 Å². The number of hydrogen-bond acceptors (Lipinski definition) is 5. The predicted molar refractivity (Wildman–Crippen MR) is 172 cm³/mol. The Hall–Kier alpha value is -4.68. The van der Waals surface area contributed by atoms with Crippen LogP contribution in [0, 0.1) is 5.82 Å². The summed E-state index contributed by atoms with van der Waals surface area (Å²) >= 11 is 0. The number of halogens is 1. The highest BCUT2D eigenvalue weighted by Crippen LogP contribution is 2.39. The molecule has 0 N–H and O–H groups in total. The number of ketones is 1. The number of piperidine rings is 1. The molecular formula is C38H36FNO4. The molecule has 0 spiro atoms. The van der Waals surface area contributed by atoms with E-state index in [4.69, 9.17) is 14.2 Å². The number of rotatable bonds is 11. The van der Waals surface area contributed by atoms with Gasteiger partial charge in [-0.25, -0.2) is 4.39 Å². The van der Waals surface area contributed by atoms with E-state index in [9.17, 15) is 9.18 Å². The molecule has 0 saturated carbocycles. The van der Waals surface area contributed by atoms with Gasteiger partial charge >= 0.3 is 0 Å². The minimum atomic E-state index is -0.411. The van der Waals surface area contributed by atoms with Crippen LogP contribution in [0.4, 0.5) is 4.39 Å². The fraction of sp³-hybridized carbons (Fsp3) is 0.237. The van der Waals surface area contributed by atoms with Crippen molar-refractivity contribution in [2.24, 2.45) is 0 Å². The molecule has 44 heavy (non-hydrogen) atoms. The van der Waals surface area contributed by atoms with Gasteiger partial charge in [0.2, 0.25) is 0 Å². The highest BCUT2D eigenvalue weighted by atomic mass is 19.1. The van der Waals surface area contributed by atoms with Crippen LogP contribution < -0.4 is 14.2 Å². The van der Waals surface area contributed by atoms with Gasteiger partial charge in [0, 0.05) is 29.3 Å². The topological polar surface area (TPSA) is 48.0 Å². The predicted octanol–water partition coefficient (Wildman–Crippen LogP) is 8.33. The SMILES string of the molecule is COc1ccc2c(C(=O)c3ccc(OCCN4CCCCC4)cc3)c(-c3ccc(F)cc3OCc3ccccc3)ccc2c1. The first-order chi connectivity index (χ1) is 21.6. The van der Waals surface area contributed by atoms with Gasteiger partial charge in [-0.3, -0.25) is 9.69 Å². The second-order valence-electron chi connectivity index (χ2n) is 11.1. The molecule has 0 amide bonds. The lowest BCUT2D eigenvalue weighted by Gasteiger charge is -2.26. The molecule has 0 bridgehead atoms. The molecule has 1 fully saturated rings. The Morgan fingerprint density at radius 3 is 2.30 bits per heavy atom. The van der Waals surface area contributed by atoms with Crippen molar-refractivity contribution >= 4 is 16.6 Å². The van der Waals surface area contributed by atoms with Crippen LogP contribution in [0.15, 0.2) is 103 Å². The number of likely N-dealkylation sites (tertiary alicyclic amines) is 1. The van der Waals surface area contributed by atoms with Crippen LogP contribution in [0.1, 0.15) is 40.7 Å². The van der Waals surface area contributed by atoms with Crippen molar-refractivity contribution in [1.82, 2.24) is 4.90 Å². The van der Waals surface area contributed by atoms with Crippen LogP contribution in [0.25, 0.3) is 21.9 Å². The minimum absolute atomic E-state index is 0.144. The molecule has 5 nitrogen and oxygen atoms in total. The van der Waals surface area contributed by atoms with E-state index >= 15 is 0 Å². The summed E-state index contributed by atoms with van der Waals surface area (Å²) in [5.41, 5.74) is 3.31. The second-order valence-corrected chi connectivity index (χ2v) is 11.1. The first-order valence-corrected chi connectivity index (χ1v) is 15.2. The fourth-order valence-electron chi connectivity index (χ4n) is 5.80. The molecule has 0 radical (unpaired) electrons. The average molecular weight is 590 g/mol. The monoisotopic (exact) mass is 589 g/mol. The standard InChI is InChI=1S/C38H36FNO4/c1-42-32-16-19-33-29(24-32)12-17-35(34-18-13-30(39)25-36(34)44-26-27-8-4-2-5-9-27)37(33)38(41)28-10-14-31(15-11-28)43-23-22-40-20-6-3-7-21-40/h2,4-5,8-19,24-25H,3,6-7,20-23,26H2,1H3. The van der Waals surface area contributed by atoms with E-state index in [-0.39, 0.29) is 12.4 Å². The van der Waals surface area contributed by atoms with E-state index in [1.165, 1.54) is 31.4 Å². The molecule has 5 aromatic carbocycles. The van der Waals surface area contributed by atoms with Gasteiger partial charge in [-0.15, -0.1) is 0 Å². The Morgan fingerprint density at radius 1 is 0.773 bits per heavy atom. The van der Waals surface area contributed by atoms with Crippen molar-refractivity contribution in [3.63, 3.8) is 0 Å². The Kier molecular flexibility index (Phi) is 9.18. The number of carbonyl (C=O) groups excluding carboxylic acids is 1. The largest absolute Gasteiger partial charge is 0.497 e. The first-order valence-electron chi connectivity index (χ1n) is 15.2. The summed E-state index contributed by atoms with van der Waals surface area (Å²) in [6.07, 6.45) is 3.80. The third kappa shape index (κ3) is 6.76. The third-order valence-corrected chi connectivity index (χ3v) is 8.17. The number of carbonyl (C=O) groups is 1. The lowest BCUT2D eigenvalue weighted by Crippen LogP contribution is -2.33. The summed E-state index contributed by atoms with van der Waals surface area (Å²) in [6.45, 7) is 4.03. The second kappa shape index (κ2) is 13.7. The van der Waals surface area contributed by atoms with Crippen LogP contribution in [0.5, 0.6) is 17.2 Å². The molecule has 6 rings (SSSR count). The molecule has 0 atom stereocenters. The zero-order chi connectivity index (χ0) is 30.3. The van der Waals surface area contributed by atoms with Crippen LogP contribution >= 0.6 is 0 Å². The number of benzene rings is 5. The highest BCUT2D eigenvalue weighted by molar-refractivity contribution is 6.20. The van der Waals surface area contributed by atoms with Crippen LogP contribution in [0.2, 0.25) is 0 Å². The lowest BCUT2D eigenvalue weighted by molar-refractivity contribution is 0.104. The van der Waals surface area contributed by atoms with E-state index in [0.29, 0.717) is 40.4 Å². The van der Waals surface area contributed by atoms with Gasteiger partial charge in [0.05, 0.1) is 7.11 Å². The highest BCUT2D eigenvalue weighted by Gasteiger charge is 2.22. The number of hydrogen-bond donors (Lipinski definition) is 0. The maximum atomic E-state index is 14.5. The van der Waals surface area contributed by atoms with Crippen molar-refractivity contribution in [3.8, 4) is 28.4 Å². The van der Waals surface area contributed by atoms with Crippen LogP contribution in [-0.4, -0.2) is 44.0 Å². The molecule has 1 aliphatic rings. The summed E-state index contributed by atoms with van der Waals surface area (Å²) in [5, 5.41) is 1.64. The maximum Gasteiger partial charge on any atom is 0.194 e. The molecule has 0 unspecified atom stereocenters. The van der Waals surface area contributed by atoms with Gasteiger partial charge in [0.1, 0.15) is 36.3 Å². The Bertz CT molecular complexity index is 1730. The number of ether oxygens (including phenoxy) is 3. The Balaban J connectivity index is 1.33. The van der Waals surface area contributed by atoms with E-state index in [2.05, 4.69) is 4.90 Å². The molecule has 1 aliphatic heterocycles. The molecule has 6 heteroatoms. The van der Waals surface area contributed by atoms with Gasteiger partial charge in [-0.1, -0.05) is 48.9 Å². The fourth-order valence-corrected chi connectivity index (χ4v) is 5.80. The first kappa shape index (κ1) is 29.4. The Morgan fingerprint density at radius 2 is 1.52 bits per heavy atom. The number of nitrogens with zero attached hydrogens (tertiary/aromatic N) is 1. The van der Waals surface area contributed by atoms with E-state index in [1.807, 2.05) is 84.9 Å². The smallest absolute Gasteiger partial charge is 0.194 e. The zero-order valence-electron chi connectivity index (χ0n) is 24.9. The average Bonchev–Trinajstić information content (AvgIpc) is 3.07. The van der Waals surface area contributed by atoms with Gasteiger partial charge in [0.25, 0.3) is 0 Å². The molecule has 0 aliphatic carbocycles. The van der Waals surface area contributed by atoms with Gasteiger partial charge < -0.3 is 14.2 Å².